The Bertz CT molecular complexity index is 626. The van der Waals surface area contributed by atoms with Gasteiger partial charge in [0.2, 0.25) is 0 Å². The largest absolute Gasteiger partial charge is 0.314 e. The van der Waals surface area contributed by atoms with Crippen LogP contribution in [0.4, 0.5) is 11.4 Å². The molecule has 104 valence electrons. The van der Waals surface area contributed by atoms with E-state index in [9.17, 15) is 0 Å². The van der Waals surface area contributed by atoms with Gasteiger partial charge in [-0.1, -0.05) is 55.1 Å². The van der Waals surface area contributed by atoms with Crippen molar-refractivity contribution in [1.29, 1.82) is 0 Å². The Morgan fingerprint density at radius 3 is 1.76 bits per heavy atom. The smallest absolute Gasteiger partial charge is 0.0458 e. The van der Waals surface area contributed by atoms with E-state index in [-0.39, 0.29) is 0 Å². The van der Waals surface area contributed by atoms with Gasteiger partial charge in [0.25, 0.3) is 0 Å². The fourth-order valence-electron chi connectivity index (χ4n) is 2.63. The number of hydrogen-bond acceptors (Lipinski definition) is 1. The lowest BCUT2D eigenvalue weighted by Gasteiger charge is -2.29. The third-order valence-electron chi connectivity index (χ3n) is 3.74. The van der Waals surface area contributed by atoms with Crippen LogP contribution < -0.4 is 4.90 Å². The van der Waals surface area contributed by atoms with Crippen molar-refractivity contribution in [2.75, 3.05) is 4.90 Å². The molecular weight excluding hydrogens is 254 g/mol. The molecule has 0 aliphatic heterocycles. The second-order valence-electron chi connectivity index (χ2n) is 5.11. The molecule has 0 heterocycles. The first-order valence-electron chi connectivity index (χ1n) is 7.31. The molecular formula is C20H19N. The molecule has 0 saturated carbocycles. The molecule has 0 atom stereocenters. The lowest BCUT2D eigenvalue weighted by Crippen LogP contribution is -2.17. The van der Waals surface area contributed by atoms with Crippen molar-refractivity contribution in [3.05, 3.63) is 96.7 Å². The van der Waals surface area contributed by atoms with Crippen LogP contribution in [0.2, 0.25) is 0 Å². The summed E-state index contributed by atoms with van der Waals surface area (Å²) in [7, 11) is 0. The molecule has 2 aromatic carbocycles. The second-order valence-corrected chi connectivity index (χ2v) is 5.11. The summed E-state index contributed by atoms with van der Waals surface area (Å²) in [6.07, 6.45) is 8.40. The summed E-state index contributed by atoms with van der Waals surface area (Å²) in [6.45, 7) is 3.86. The zero-order valence-corrected chi connectivity index (χ0v) is 12.1. The summed E-state index contributed by atoms with van der Waals surface area (Å²) in [5.74, 6) is 0. The molecule has 2 aromatic rings. The van der Waals surface area contributed by atoms with Crippen LogP contribution in [0.1, 0.15) is 12.8 Å². The molecule has 1 aliphatic rings. The fourth-order valence-corrected chi connectivity index (χ4v) is 2.63. The zero-order valence-electron chi connectivity index (χ0n) is 12.1. The summed E-state index contributed by atoms with van der Waals surface area (Å²) >= 11 is 0. The summed E-state index contributed by atoms with van der Waals surface area (Å²) in [6, 6.07) is 21.1. The van der Waals surface area contributed by atoms with E-state index >= 15 is 0 Å². The van der Waals surface area contributed by atoms with Gasteiger partial charge in [0.05, 0.1) is 0 Å². The van der Waals surface area contributed by atoms with Crippen molar-refractivity contribution in [2.24, 2.45) is 0 Å². The van der Waals surface area contributed by atoms with Crippen LogP contribution in [-0.4, -0.2) is 0 Å². The van der Waals surface area contributed by atoms with E-state index in [1.165, 1.54) is 22.6 Å². The summed E-state index contributed by atoms with van der Waals surface area (Å²) < 4.78 is 0. The van der Waals surface area contributed by atoms with Gasteiger partial charge in [0.1, 0.15) is 0 Å². The van der Waals surface area contributed by atoms with Gasteiger partial charge in [0.15, 0.2) is 0 Å². The van der Waals surface area contributed by atoms with Gasteiger partial charge >= 0.3 is 0 Å². The summed E-state index contributed by atoms with van der Waals surface area (Å²) in [5.41, 5.74) is 5.02. The van der Waals surface area contributed by atoms with Crippen LogP contribution in [0.5, 0.6) is 0 Å². The highest BCUT2D eigenvalue weighted by Gasteiger charge is 2.15. The number of anilines is 2. The Morgan fingerprint density at radius 1 is 0.762 bits per heavy atom. The van der Waals surface area contributed by atoms with E-state index < -0.39 is 0 Å². The average Bonchev–Trinajstić information content (AvgIpc) is 2.58. The first-order chi connectivity index (χ1) is 10.4. The minimum Gasteiger partial charge on any atom is -0.314 e. The van der Waals surface area contributed by atoms with Crippen molar-refractivity contribution in [3.63, 3.8) is 0 Å². The molecule has 0 fully saturated rings. The van der Waals surface area contributed by atoms with Gasteiger partial charge in [0, 0.05) is 17.1 Å². The Morgan fingerprint density at radius 2 is 1.33 bits per heavy atom. The zero-order chi connectivity index (χ0) is 14.5. The Labute approximate surface area is 126 Å². The highest BCUT2D eigenvalue weighted by Crippen LogP contribution is 2.33. The van der Waals surface area contributed by atoms with Gasteiger partial charge in [-0.2, -0.15) is 0 Å². The Hall–Kier alpha value is -2.54. The molecule has 1 heteroatoms. The third-order valence-corrected chi connectivity index (χ3v) is 3.74. The van der Waals surface area contributed by atoms with Crippen LogP contribution in [0.15, 0.2) is 96.7 Å². The number of allylic oxidation sites excluding steroid dienone is 5. The van der Waals surface area contributed by atoms with E-state index in [2.05, 4.69) is 84.3 Å². The standard InChI is InChI=1S/C20H19N/c1-2-17-13-15-20(16-14-17)21(18-9-5-3-6-10-18)19-11-7-4-8-12-19/h2-13,15H,1,14,16H2. The quantitative estimate of drug-likeness (QED) is 0.699. The van der Waals surface area contributed by atoms with Crippen LogP contribution in [0, 0.1) is 0 Å². The molecule has 1 aliphatic carbocycles. The molecule has 0 unspecified atom stereocenters. The van der Waals surface area contributed by atoms with Gasteiger partial charge in [-0.15, -0.1) is 0 Å². The van der Waals surface area contributed by atoms with E-state index in [4.69, 9.17) is 0 Å². The second kappa shape index (κ2) is 6.27. The number of benzene rings is 2. The first kappa shape index (κ1) is 13.4. The van der Waals surface area contributed by atoms with Crippen molar-refractivity contribution in [2.45, 2.75) is 12.8 Å². The van der Waals surface area contributed by atoms with E-state index in [1.807, 2.05) is 6.08 Å². The number of rotatable bonds is 4. The maximum Gasteiger partial charge on any atom is 0.0458 e. The molecule has 0 radical (unpaired) electrons. The maximum atomic E-state index is 3.86. The Kier molecular flexibility index (Phi) is 4.02. The monoisotopic (exact) mass is 273 g/mol. The van der Waals surface area contributed by atoms with Gasteiger partial charge in [-0.25, -0.2) is 0 Å². The highest BCUT2D eigenvalue weighted by atomic mass is 15.1. The van der Waals surface area contributed by atoms with E-state index in [1.54, 1.807) is 0 Å². The fraction of sp³-hybridized carbons (Fsp3) is 0.100. The predicted molar refractivity (Wildman–Crippen MR) is 90.6 cm³/mol. The van der Waals surface area contributed by atoms with Gasteiger partial charge < -0.3 is 4.90 Å². The molecule has 0 aromatic heterocycles. The average molecular weight is 273 g/mol. The molecule has 3 rings (SSSR count). The number of para-hydroxylation sites is 2. The molecule has 0 saturated heterocycles. The van der Waals surface area contributed by atoms with Crippen LogP contribution >= 0.6 is 0 Å². The Balaban J connectivity index is 2.04. The molecule has 0 spiro atoms. The van der Waals surface area contributed by atoms with Gasteiger partial charge in [-0.05, 0) is 48.8 Å². The van der Waals surface area contributed by atoms with Crippen LogP contribution in [0.3, 0.4) is 0 Å². The summed E-state index contributed by atoms with van der Waals surface area (Å²) in [5, 5.41) is 0. The molecule has 1 nitrogen and oxygen atoms in total. The van der Waals surface area contributed by atoms with E-state index in [0.717, 1.165) is 12.8 Å². The minimum atomic E-state index is 1.03. The van der Waals surface area contributed by atoms with Gasteiger partial charge in [-0.3, -0.25) is 0 Å². The third kappa shape index (κ3) is 2.97. The van der Waals surface area contributed by atoms with Crippen molar-refractivity contribution in [3.8, 4) is 0 Å². The molecule has 21 heavy (non-hydrogen) atoms. The first-order valence-corrected chi connectivity index (χ1v) is 7.31. The topological polar surface area (TPSA) is 3.24 Å². The van der Waals surface area contributed by atoms with Crippen LogP contribution in [-0.2, 0) is 0 Å². The molecule has 0 bridgehead atoms. The predicted octanol–water partition coefficient (Wildman–Crippen LogP) is 5.61. The molecule has 0 amide bonds. The molecule has 0 N–H and O–H groups in total. The van der Waals surface area contributed by atoms with Crippen LogP contribution in [0.25, 0.3) is 0 Å². The van der Waals surface area contributed by atoms with Crippen molar-refractivity contribution >= 4 is 11.4 Å². The SMILES string of the molecule is C=CC1=CC=C(N(c2ccccc2)c2ccccc2)CC1. The number of nitrogens with zero attached hydrogens (tertiary/aromatic N) is 1. The van der Waals surface area contributed by atoms with Crippen molar-refractivity contribution in [1.82, 2.24) is 0 Å². The minimum absolute atomic E-state index is 1.03. The van der Waals surface area contributed by atoms with E-state index in [0.29, 0.717) is 0 Å². The lowest BCUT2D eigenvalue weighted by atomic mass is 10.0. The lowest BCUT2D eigenvalue weighted by molar-refractivity contribution is 0.892. The highest BCUT2D eigenvalue weighted by molar-refractivity contribution is 5.68. The normalized spacial score (nSPS) is 14.1. The maximum absolute atomic E-state index is 3.86. The van der Waals surface area contributed by atoms with Crippen molar-refractivity contribution < 1.29 is 0 Å². The summed E-state index contributed by atoms with van der Waals surface area (Å²) in [4.78, 5) is 2.33. The number of hydrogen-bond donors (Lipinski definition) is 0.